The van der Waals surface area contributed by atoms with E-state index in [0.29, 0.717) is 31.1 Å². The summed E-state index contributed by atoms with van der Waals surface area (Å²) in [7, 11) is -3.99. The molecule has 0 amide bonds. The summed E-state index contributed by atoms with van der Waals surface area (Å²) in [6, 6.07) is 10.6. The van der Waals surface area contributed by atoms with Gasteiger partial charge in [-0.2, -0.15) is 0 Å². The molecule has 0 aliphatic carbocycles. The van der Waals surface area contributed by atoms with E-state index in [1.54, 1.807) is 12.1 Å². The minimum atomic E-state index is -3.99. The first-order chi connectivity index (χ1) is 12.9. The van der Waals surface area contributed by atoms with E-state index >= 15 is 0 Å². The number of ether oxygens (including phenoxy) is 2. The van der Waals surface area contributed by atoms with Gasteiger partial charge in [0.2, 0.25) is 10.0 Å². The molecule has 2 aromatic carbocycles. The molecule has 0 fully saturated rings. The second-order valence-corrected chi connectivity index (χ2v) is 7.26. The zero-order chi connectivity index (χ0) is 19.9. The van der Waals surface area contributed by atoms with Gasteiger partial charge in [-0.05, 0) is 44.0 Å². The molecular weight excluding hydrogens is 372 g/mol. The van der Waals surface area contributed by atoms with Crippen LogP contribution in [0.2, 0.25) is 0 Å². The molecule has 1 N–H and O–H groups in total. The SMILES string of the molecule is CCOc1ccc(CCNS(=O)(=O)c2ccccc2[N+](=O)[O-])cc1OCC. The van der Waals surface area contributed by atoms with Crippen LogP contribution < -0.4 is 14.2 Å². The quantitative estimate of drug-likeness (QED) is 0.490. The van der Waals surface area contributed by atoms with E-state index in [2.05, 4.69) is 4.72 Å². The predicted molar refractivity (Wildman–Crippen MR) is 101 cm³/mol. The molecule has 0 spiro atoms. The van der Waals surface area contributed by atoms with Crippen LogP contribution in [0, 0.1) is 10.1 Å². The Morgan fingerprint density at radius 1 is 1.04 bits per heavy atom. The van der Waals surface area contributed by atoms with Crippen LogP contribution in [-0.2, 0) is 16.4 Å². The summed E-state index contributed by atoms with van der Waals surface area (Å²) in [5, 5.41) is 11.0. The standard InChI is InChI=1S/C18H22N2O6S/c1-3-25-16-10-9-14(13-17(16)26-4-2)11-12-19-27(23,24)18-8-6-5-7-15(18)20(21)22/h5-10,13,19H,3-4,11-12H2,1-2H3. The Bertz CT molecular complexity index is 898. The van der Waals surface area contributed by atoms with Gasteiger partial charge < -0.3 is 9.47 Å². The Kier molecular flexibility index (Phi) is 7.14. The monoisotopic (exact) mass is 394 g/mol. The number of nitro groups is 1. The lowest BCUT2D eigenvalue weighted by Gasteiger charge is -2.13. The lowest BCUT2D eigenvalue weighted by molar-refractivity contribution is -0.387. The van der Waals surface area contributed by atoms with Crippen molar-refractivity contribution in [2.45, 2.75) is 25.2 Å². The molecule has 0 aromatic heterocycles. The van der Waals surface area contributed by atoms with E-state index in [0.717, 1.165) is 11.6 Å². The molecule has 2 rings (SSSR count). The Balaban J connectivity index is 2.09. The van der Waals surface area contributed by atoms with Crippen LogP contribution in [0.25, 0.3) is 0 Å². The molecule has 146 valence electrons. The van der Waals surface area contributed by atoms with Gasteiger partial charge in [0.15, 0.2) is 16.4 Å². The number of para-hydroxylation sites is 1. The molecule has 0 atom stereocenters. The molecule has 8 nitrogen and oxygen atoms in total. The van der Waals surface area contributed by atoms with Gasteiger partial charge in [0.05, 0.1) is 18.1 Å². The summed E-state index contributed by atoms with van der Waals surface area (Å²) < 4.78 is 38.2. The minimum absolute atomic E-state index is 0.0912. The second-order valence-electron chi connectivity index (χ2n) is 5.52. The maximum absolute atomic E-state index is 12.4. The number of rotatable bonds is 10. The highest BCUT2D eigenvalue weighted by Crippen LogP contribution is 2.29. The number of nitrogens with one attached hydrogen (secondary N) is 1. The van der Waals surface area contributed by atoms with Gasteiger partial charge in [0.25, 0.3) is 5.69 Å². The fourth-order valence-electron chi connectivity index (χ4n) is 2.49. The van der Waals surface area contributed by atoms with Gasteiger partial charge in [0.1, 0.15) is 0 Å². The smallest absolute Gasteiger partial charge is 0.289 e. The zero-order valence-electron chi connectivity index (χ0n) is 15.2. The van der Waals surface area contributed by atoms with Crippen LogP contribution in [0.5, 0.6) is 11.5 Å². The van der Waals surface area contributed by atoms with Crippen molar-refractivity contribution in [1.82, 2.24) is 4.72 Å². The topological polar surface area (TPSA) is 108 Å². The number of hydrogen-bond acceptors (Lipinski definition) is 6. The van der Waals surface area contributed by atoms with Gasteiger partial charge in [-0.3, -0.25) is 10.1 Å². The van der Waals surface area contributed by atoms with Gasteiger partial charge in [-0.1, -0.05) is 18.2 Å². The largest absolute Gasteiger partial charge is 0.490 e. The molecule has 0 saturated carbocycles. The molecule has 0 heterocycles. The summed E-state index contributed by atoms with van der Waals surface area (Å²) in [5.74, 6) is 1.22. The third kappa shape index (κ3) is 5.41. The highest BCUT2D eigenvalue weighted by molar-refractivity contribution is 7.89. The van der Waals surface area contributed by atoms with Crippen molar-refractivity contribution in [2.75, 3.05) is 19.8 Å². The van der Waals surface area contributed by atoms with Gasteiger partial charge in [-0.15, -0.1) is 0 Å². The fourth-order valence-corrected chi connectivity index (χ4v) is 3.70. The van der Waals surface area contributed by atoms with Crippen LogP contribution in [0.4, 0.5) is 5.69 Å². The third-order valence-electron chi connectivity index (χ3n) is 3.67. The van der Waals surface area contributed by atoms with Crippen LogP contribution >= 0.6 is 0 Å². The zero-order valence-corrected chi connectivity index (χ0v) is 16.0. The Morgan fingerprint density at radius 2 is 1.70 bits per heavy atom. The van der Waals surface area contributed by atoms with Crippen molar-refractivity contribution in [1.29, 1.82) is 0 Å². The van der Waals surface area contributed by atoms with E-state index in [-0.39, 0.29) is 11.4 Å². The minimum Gasteiger partial charge on any atom is -0.490 e. The molecule has 2 aromatic rings. The summed E-state index contributed by atoms with van der Waals surface area (Å²) in [4.78, 5) is 9.97. The first kappa shape index (κ1) is 20.7. The molecule has 0 aliphatic heterocycles. The Labute approximate surface area is 158 Å². The maximum Gasteiger partial charge on any atom is 0.289 e. The number of nitro benzene ring substituents is 1. The average Bonchev–Trinajstić information content (AvgIpc) is 2.64. The lowest BCUT2D eigenvalue weighted by atomic mass is 10.1. The molecule has 0 bridgehead atoms. The van der Waals surface area contributed by atoms with E-state index in [1.165, 1.54) is 18.2 Å². The van der Waals surface area contributed by atoms with Crippen LogP contribution in [0.15, 0.2) is 47.4 Å². The fraction of sp³-hybridized carbons (Fsp3) is 0.333. The van der Waals surface area contributed by atoms with Gasteiger partial charge >= 0.3 is 0 Å². The van der Waals surface area contributed by atoms with E-state index in [9.17, 15) is 18.5 Å². The number of hydrogen-bond donors (Lipinski definition) is 1. The highest BCUT2D eigenvalue weighted by Gasteiger charge is 2.24. The number of nitrogens with zero attached hydrogens (tertiary/aromatic N) is 1. The predicted octanol–water partition coefficient (Wildman–Crippen LogP) is 2.91. The molecular formula is C18H22N2O6S. The van der Waals surface area contributed by atoms with Crippen molar-refractivity contribution in [3.05, 3.63) is 58.1 Å². The normalized spacial score (nSPS) is 11.2. The van der Waals surface area contributed by atoms with E-state index in [1.807, 2.05) is 19.9 Å². The summed E-state index contributed by atoms with van der Waals surface area (Å²) in [6.07, 6.45) is 0.395. The summed E-state index contributed by atoms with van der Waals surface area (Å²) >= 11 is 0. The second kappa shape index (κ2) is 9.33. The molecule has 27 heavy (non-hydrogen) atoms. The Hall–Kier alpha value is -2.65. The van der Waals surface area contributed by atoms with E-state index in [4.69, 9.17) is 9.47 Å². The van der Waals surface area contributed by atoms with Crippen molar-refractivity contribution < 1.29 is 22.8 Å². The van der Waals surface area contributed by atoms with Gasteiger partial charge in [-0.25, -0.2) is 13.1 Å². The molecule has 0 unspecified atom stereocenters. The molecule has 0 aliphatic rings. The highest BCUT2D eigenvalue weighted by atomic mass is 32.2. The first-order valence-corrected chi connectivity index (χ1v) is 9.99. The number of benzene rings is 2. The third-order valence-corrected chi connectivity index (χ3v) is 5.17. The average molecular weight is 394 g/mol. The van der Waals surface area contributed by atoms with Crippen LogP contribution in [0.1, 0.15) is 19.4 Å². The van der Waals surface area contributed by atoms with Crippen molar-refractivity contribution >= 4 is 15.7 Å². The van der Waals surface area contributed by atoms with E-state index < -0.39 is 20.6 Å². The first-order valence-electron chi connectivity index (χ1n) is 8.50. The van der Waals surface area contributed by atoms with Crippen LogP contribution in [-0.4, -0.2) is 33.1 Å². The van der Waals surface area contributed by atoms with Crippen molar-refractivity contribution in [3.8, 4) is 11.5 Å². The summed E-state index contributed by atoms with van der Waals surface area (Å²) in [6.45, 7) is 4.82. The Morgan fingerprint density at radius 3 is 2.37 bits per heavy atom. The van der Waals surface area contributed by atoms with Crippen LogP contribution in [0.3, 0.4) is 0 Å². The molecule has 0 radical (unpaired) electrons. The summed E-state index contributed by atoms with van der Waals surface area (Å²) in [5.41, 5.74) is 0.400. The van der Waals surface area contributed by atoms with Gasteiger partial charge in [0, 0.05) is 12.6 Å². The maximum atomic E-state index is 12.4. The van der Waals surface area contributed by atoms with Crippen molar-refractivity contribution in [3.63, 3.8) is 0 Å². The number of sulfonamides is 1. The molecule has 0 saturated heterocycles. The molecule has 9 heteroatoms. The lowest BCUT2D eigenvalue weighted by Crippen LogP contribution is -2.26. The van der Waals surface area contributed by atoms with Crippen molar-refractivity contribution in [2.24, 2.45) is 0 Å².